The van der Waals surface area contributed by atoms with Gasteiger partial charge in [-0.15, -0.1) is 0 Å². The van der Waals surface area contributed by atoms with Crippen LogP contribution in [0.5, 0.6) is 5.88 Å². The van der Waals surface area contributed by atoms with Crippen LogP contribution in [0.4, 0.5) is 0 Å². The Kier molecular flexibility index (Phi) is 3.76. The molecular formula is C13H13ClN2O3. The summed E-state index contributed by atoms with van der Waals surface area (Å²) in [5.41, 5.74) is 1.38. The smallest absolute Gasteiger partial charge is 0.343 e. The van der Waals surface area contributed by atoms with Gasteiger partial charge in [-0.3, -0.25) is 0 Å². The molecule has 2 aromatic rings. The highest BCUT2D eigenvalue weighted by atomic mass is 35.5. The Labute approximate surface area is 115 Å². The topological polar surface area (TPSA) is 64.4 Å². The molecule has 0 saturated carbocycles. The molecule has 100 valence electrons. The fraction of sp³-hybridized carbons (Fsp3) is 0.231. The third-order valence-electron chi connectivity index (χ3n) is 2.65. The molecule has 1 heterocycles. The summed E-state index contributed by atoms with van der Waals surface area (Å²) in [7, 11) is 1.65. The van der Waals surface area contributed by atoms with Crippen LogP contribution in [-0.4, -0.2) is 20.9 Å². The number of halogens is 1. The van der Waals surface area contributed by atoms with E-state index in [1.54, 1.807) is 26.1 Å². The van der Waals surface area contributed by atoms with Crippen molar-refractivity contribution in [2.75, 3.05) is 0 Å². The van der Waals surface area contributed by atoms with Gasteiger partial charge in [-0.05, 0) is 24.6 Å². The predicted octanol–water partition coefficient (Wildman–Crippen LogP) is 2.66. The van der Waals surface area contributed by atoms with Gasteiger partial charge in [0.2, 0.25) is 5.88 Å². The molecule has 2 rings (SSSR count). The summed E-state index contributed by atoms with van der Waals surface area (Å²) in [6, 6.07) is 7.20. The second-order valence-electron chi connectivity index (χ2n) is 4.11. The van der Waals surface area contributed by atoms with E-state index in [0.29, 0.717) is 10.7 Å². The molecule has 1 N–H and O–H groups in total. The largest absolute Gasteiger partial charge is 0.477 e. The van der Waals surface area contributed by atoms with Crippen LogP contribution in [0.15, 0.2) is 24.3 Å². The summed E-state index contributed by atoms with van der Waals surface area (Å²) in [5.74, 6) is -0.809. The van der Waals surface area contributed by atoms with Crippen LogP contribution in [0.1, 0.15) is 21.6 Å². The minimum atomic E-state index is -1.05. The van der Waals surface area contributed by atoms with Gasteiger partial charge in [0, 0.05) is 12.1 Å². The summed E-state index contributed by atoms with van der Waals surface area (Å²) in [5, 5.41) is 13.8. The maximum Gasteiger partial charge on any atom is 0.343 e. The molecule has 0 aliphatic carbocycles. The van der Waals surface area contributed by atoms with Crippen LogP contribution in [0.3, 0.4) is 0 Å². The molecular weight excluding hydrogens is 268 g/mol. The van der Waals surface area contributed by atoms with E-state index < -0.39 is 5.97 Å². The number of hydrogen-bond donors (Lipinski definition) is 1. The SMILES string of the molecule is Cc1nn(C)c(OCc2cccc(Cl)c2)c1C(=O)O. The molecule has 0 unspecified atom stereocenters. The summed E-state index contributed by atoms with van der Waals surface area (Å²) in [6.45, 7) is 1.87. The molecule has 0 aliphatic heterocycles. The first kappa shape index (κ1) is 13.4. The van der Waals surface area contributed by atoms with E-state index in [2.05, 4.69) is 5.10 Å². The molecule has 0 aliphatic rings. The Balaban J connectivity index is 2.22. The standard InChI is InChI=1S/C13H13ClN2O3/c1-8-11(13(17)18)12(16(2)15-8)19-7-9-4-3-5-10(14)6-9/h3-6H,7H2,1-2H3,(H,17,18). The number of benzene rings is 1. The Morgan fingerprint density at radius 3 is 2.89 bits per heavy atom. The first-order valence-corrected chi connectivity index (χ1v) is 6.01. The molecule has 1 aromatic carbocycles. The van der Waals surface area contributed by atoms with Crippen molar-refractivity contribution in [1.82, 2.24) is 9.78 Å². The van der Waals surface area contributed by atoms with Crippen LogP contribution in [-0.2, 0) is 13.7 Å². The van der Waals surface area contributed by atoms with Gasteiger partial charge in [-0.25, -0.2) is 9.48 Å². The highest BCUT2D eigenvalue weighted by Crippen LogP contribution is 2.22. The molecule has 19 heavy (non-hydrogen) atoms. The number of carbonyl (C=O) groups is 1. The van der Waals surface area contributed by atoms with E-state index in [0.717, 1.165) is 5.56 Å². The number of hydrogen-bond acceptors (Lipinski definition) is 3. The van der Waals surface area contributed by atoms with E-state index in [-0.39, 0.29) is 18.1 Å². The number of ether oxygens (including phenoxy) is 1. The van der Waals surface area contributed by atoms with E-state index >= 15 is 0 Å². The number of aromatic carboxylic acids is 1. The Hall–Kier alpha value is -2.01. The fourth-order valence-corrected chi connectivity index (χ4v) is 2.04. The van der Waals surface area contributed by atoms with Gasteiger partial charge in [0.1, 0.15) is 12.2 Å². The second-order valence-corrected chi connectivity index (χ2v) is 4.55. The third-order valence-corrected chi connectivity index (χ3v) is 2.88. The zero-order chi connectivity index (χ0) is 14.0. The van der Waals surface area contributed by atoms with Crippen LogP contribution in [0, 0.1) is 6.92 Å². The minimum absolute atomic E-state index is 0.0875. The number of carboxylic acids is 1. The highest BCUT2D eigenvalue weighted by Gasteiger charge is 2.21. The van der Waals surface area contributed by atoms with Crippen molar-refractivity contribution in [3.63, 3.8) is 0 Å². The maximum absolute atomic E-state index is 11.2. The molecule has 0 atom stereocenters. The normalized spacial score (nSPS) is 10.5. The molecule has 0 spiro atoms. The summed E-state index contributed by atoms with van der Waals surface area (Å²) in [4.78, 5) is 11.2. The summed E-state index contributed by atoms with van der Waals surface area (Å²) < 4.78 is 6.97. The lowest BCUT2D eigenvalue weighted by Crippen LogP contribution is -2.05. The van der Waals surface area contributed by atoms with Gasteiger partial charge in [0.15, 0.2) is 0 Å². The predicted molar refractivity (Wildman–Crippen MR) is 70.7 cm³/mol. The molecule has 0 bridgehead atoms. The monoisotopic (exact) mass is 280 g/mol. The van der Waals surface area contributed by atoms with Gasteiger partial charge >= 0.3 is 5.97 Å². The number of rotatable bonds is 4. The van der Waals surface area contributed by atoms with Gasteiger partial charge in [-0.2, -0.15) is 5.10 Å². The Morgan fingerprint density at radius 2 is 2.26 bits per heavy atom. The number of carboxylic acid groups (broad SMARTS) is 1. The van der Waals surface area contributed by atoms with Crippen LogP contribution < -0.4 is 4.74 Å². The molecule has 0 fully saturated rings. The van der Waals surface area contributed by atoms with Crippen molar-refractivity contribution < 1.29 is 14.6 Å². The minimum Gasteiger partial charge on any atom is -0.477 e. The van der Waals surface area contributed by atoms with Gasteiger partial charge in [0.05, 0.1) is 5.69 Å². The Morgan fingerprint density at radius 1 is 1.53 bits per heavy atom. The van der Waals surface area contributed by atoms with E-state index in [1.807, 2.05) is 12.1 Å². The molecule has 0 saturated heterocycles. The molecule has 5 nitrogen and oxygen atoms in total. The van der Waals surface area contributed by atoms with Crippen molar-refractivity contribution in [3.8, 4) is 5.88 Å². The summed E-state index contributed by atoms with van der Waals surface area (Å²) >= 11 is 5.88. The quantitative estimate of drug-likeness (QED) is 0.935. The molecule has 0 amide bonds. The van der Waals surface area contributed by atoms with Gasteiger partial charge in [-0.1, -0.05) is 23.7 Å². The fourth-order valence-electron chi connectivity index (χ4n) is 1.83. The number of aromatic nitrogens is 2. The highest BCUT2D eigenvalue weighted by molar-refractivity contribution is 6.30. The van der Waals surface area contributed by atoms with Crippen LogP contribution in [0.2, 0.25) is 5.02 Å². The van der Waals surface area contributed by atoms with E-state index in [1.165, 1.54) is 4.68 Å². The van der Waals surface area contributed by atoms with Gasteiger partial charge in [0.25, 0.3) is 0 Å². The van der Waals surface area contributed by atoms with Crippen LogP contribution >= 0.6 is 11.6 Å². The Bertz CT molecular complexity index is 622. The zero-order valence-corrected chi connectivity index (χ0v) is 11.3. The number of nitrogens with zero attached hydrogens (tertiary/aromatic N) is 2. The maximum atomic E-state index is 11.2. The lowest BCUT2D eigenvalue weighted by atomic mass is 10.2. The zero-order valence-electron chi connectivity index (χ0n) is 10.6. The van der Waals surface area contributed by atoms with E-state index in [9.17, 15) is 4.79 Å². The lowest BCUT2D eigenvalue weighted by Gasteiger charge is -2.07. The van der Waals surface area contributed by atoms with Crippen molar-refractivity contribution in [2.24, 2.45) is 7.05 Å². The third kappa shape index (κ3) is 2.88. The van der Waals surface area contributed by atoms with Crippen molar-refractivity contribution in [1.29, 1.82) is 0 Å². The first-order valence-electron chi connectivity index (χ1n) is 5.63. The first-order chi connectivity index (χ1) is 8.99. The van der Waals surface area contributed by atoms with Crippen LogP contribution in [0.25, 0.3) is 0 Å². The average Bonchev–Trinajstić information content (AvgIpc) is 2.61. The average molecular weight is 281 g/mol. The molecule has 6 heteroatoms. The lowest BCUT2D eigenvalue weighted by molar-refractivity contribution is 0.0690. The second kappa shape index (κ2) is 5.32. The van der Waals surface area contributed by atoms with Crippen molar-refractivity contribution in [3.05, 3.63) is 46.1 Å². The molecule has 1 aromatic heterocycles. The number of aryl methyl sites for hydroxylation is 2. The molecule has 0 radical (unpaired) electrons. The van der Waals surface area contributed by atoms with Crippen molar-refractivity contribution >= 4 is 17.6 Å². The van der Waals surface area contributed by atoms with E-state index in [4.69, 9.17) is 21.4 Å². The van der Waals surface area contributed by atoms with Gasteiger partial charge < -0.3 is 9.84 Å². The van der Waals surface area contributed by atoms with Crippen molar-refractivity contribution in [2.45, 2.75) is 13.5 Å². The summed E-state index contributed by atoms with van der Waals surface area (Å²) in [6.07, 6.45) is 0.